The Labute approximate surface area is 103 Å². The van der Waals surface area contributed by atoms with Crippen molar-refractivity contribution in [2.45, 2.75) is 16.8 Å². The number of carboxylic acids is 1. The van der Waals surface area contributed by atoms with Crippen molar-refractivity contribution in [2.75, 3.05) is 12.4 Å². The van der Waals surface area contributed by atoms with Crippen LogP contribution in [0.5, 0.6) is 0 Å². The monoisotopic (exact) mass is 277 g/mol. The summed E-state index contributed by atoms with van der Waals surface area (Å²) in [5, 5.41) is 19.3. The summed E-state index contributed by atoms with van der Waals surface area (Å²) in [6.07, 6.45) is 1.37. The SMILES string of the molecule is N[C@@H](CO)C(=O)N[C@@]1(C(=O)O)CS(=O)(=O)[C@H]2[CH][C@H]21. The molecule has 0 aromatic heterocycles. The molecule has 0 spiro atoms. The summed E-state index contributed by atoms with van der Waals surface area (Å²) < 4.78 is 23.2. The van der Waals surface area contributed by atoms with Gasteiger partial charge in [0.1, 0.15) is 6.04 Å². The molecule has 2 fully saturated rings. The lowest BCUT2D eigenvalue weighted by molar-refractivity contribution is -0.147. The molecule has 2 rings (SSSR count). The van der Waals surface area contributed by atoms with Gasteiger partial charge in [-0.25, -0.2) is 13.2 Å². The van der Waals surface area contributed by atoms with Crippen LogP contribution in [0.25, 0.3) is 0 Å². The first-order chi connectivity index (χ1) is 8.24. The van der Waals surface area contributed by atoms with E-state index in [9.17, 15) is 23.1 Å². The first-order valence-corrected chi connectivity index (χ1v) is 6.94. The van der Waals surface area contributed by atoms with Gasteiger partial charge in [-0.15, -0.1) is 0 Å². The smallest absolute Gasteiger partial charge is 0.330 e. The van der Waals surface area contributed by atoms with Crippen LogP contribution in [0.4, 0.5) is 0 Å². The third-order valence-corrected chi connectivity index (χ3v) is 5.42. The third kappa shape index (κ3) is 1.78. The van der Waals surface area contributed by atoms with E-state index >= 15 is 0 Å². The van der Waals surface area contributed by atoms with Crippen LogP contribution >= 0.6 is 0 Å². The second-order valence-electron chi connectivity index (χ2n) is 4.54. The van der Waals surface area contributed by atoms with Gasteiger partial charge < -0.3 is 21.3 Å². The molecule has 1 radical (unpaired) electrons. The highest BCUT2D eigenvalue weighted by Crippen LogP contribution is 2.51. The molecule has 1 heterocycles. The predicted octanol–water partition coefficient (Wildman–Crippen LogP) is -3.12. The summed E-state index contributed by atoms with van der Waals surface area (Å²) in [7, 11) is -3.54. The first-order valence-electron chi connectivity index (χ1n) is 5.23. The van der Waals surface area contributed by atoms with Crippen molar-refractivity contribution in [3.05, 3.63) is 6.42 Å². The molecule has 0 aromatic carbocycles. The van der Waals surface area contributed by atoms with Crippen LogP contribution in [-0.4, -0.2) is 59.7 Å². The standard InChI is InChI=1S/C9H13N2O6S/c10-5(2-12)7(13)11-9(8(14)15)3-18(16,17)6-1-4(6)9/h1,4-6,12H,2-3,10H2,(H,11,13)(H,14,15)/t4-,5+,6+,9+/m1/s1. The number of aliphatic hydroxyl groups is 1. The Morgan fingerprint density at radius 2 is 2.17 bits per heavy atom. The number of amides is 1. The van der Waals surface area contributed by atoms with Crippen LogP contribution in [0, 0.1) is 12.3 Å². The van der Waals surface area contributed by atoms with Gasteiger partial charge in [0, 0.05) is 5.92 Å². The van der Waals surface area contributed by atoms with Crippen LogP contribution in [-0.2, 0) is 19.4 Å². The minimum Gasteiger partial charge on any atom is -0.479 e. The Morgan fingerprint density at radius 1 is 1.56 bits per heavy atom. The van der Waals surface area contributed by atoms with Crippen LogP contribution in [0.3, 0.4) is 0 Å². The van der Waals surface area contributed by atoms with Crippen LogP contribution in [0.15, 0.2) is 0 Å². The van der Waals surface area contributed by atoms with Gasteiger partial charge in [-0.05, 0) is 6.42 Å². The van der Waals surface area contributed by atoms with E-state index in [1.807, 2.05) is 0 Å². The molecule has 101 valence electrons. The maximum atomic E-state index is 11.6. The zero-order valence-corrected chi connectivity index (χ0v) is 10.1. The summed E-state index contributed by atoms with van der Waals surface area (Å²) in [6, 6.07) is -1.28. The molecule has 9 heteroatoms. The molecule has 1 amide bonds. The molecule has 0 bridgehead atoms. The van der Waals surface area contributed by atoms with Gasteiger partial charge in [-0.1, -0.05) is 0 Å². The van der Waals surface area contributed by atoms with Crippen LogP contribution < -0.4 is 11.1 Å². The third-order valence-electron chi connectivity index (χ3n) is 3.28. The highest BCUT2D eigenvalue weighted by Gasteiger charge is 2.71. The van der Waals surface area contributed by atoms with E-state index in [1.54, 1.807) is 0 Å². The second-order valence-corrected chi connectivity index (χ2v) is 6.70. The highest BCUT2D eigenvalue weighted by molar-refractivity contribution is 7.93. The lowest BCUT2D eigenvalue weighted by Crippen LogP contribution is -2.61. The Hall–Kier alpha value is -1.19. The van der Waals surface area contributed by atoms with E-state index in [0.717, 1.165) is 0 Å². The van der Waals surface area contributed by atoms with Crippen molar-refractivity contribution in [1.82, 2.24) is 5.32 Å². The first kappa shape index (κ1) is 13.2. The van der Waals surface area contributed by atoms with Crippen LogP contribution in [0.1, 0.15) is 0 Å². The second kappa shape index (κ2) is 3.90. The Morgan fingerprint density at radius 3 is 2.50 bits per heavy atom. The van der Waals surface area contributed by atoms with Gasteiger partial charge in [0.2, 0.25) is 5.91 Å². The molecular formula is C9H13N2O6S. The molecule has 1 aliphatic heterocycles. The molecule has 18 heavy (non-hydrogen) atoms. The number of sulfone groups is 1. The molecule has 5 N–H and O–H groups in total. The maximum absolute atomic E-state index is 11.6. The van der Waals surface area contributed by atoms with Gasteiger partial charge >= 0.3 is 5.97 Å². The molecule has 0 unspecified atom stereocenters. The summed E-state index contributed by atoms with van der Waals surface area (Å²) in [4.78, 5) is 22.8. The molecule has 1 saturated carbocycles. The minimum atomic E-state index is -3.54. The Kier molecular flexibility index (Phi) is 2.87. The quantitative estimate of drug-likeness (QED) is 0.425. The summed E-state index contributed by atoms with van der Waals surface area (Å²) in [6.45, 7) is -0.647. The fourth-order valence-corrected chi connectivity index (χ4v) is 4.51. The molecule has 2 aliphatic rings. The van der Waals surface area contributed by atoms with E-state index < -0.39 is 56.8 Å². The van der Waals surface area contributed by atoms with E-state index in [2.05, 4.69) is 5.32 Å². The van der Waals surface area contributed by atoms with Crippen molar-refractivity contribution in [3.8, 4) is 0 Å². The largest absolute Gasteiger partial charge is 0.479 e. The maximum Gasteiger partial charge on any atom is 0.330 e. The number of carbonyl (C=O) groups is 2. The molecule has 8 nitrogen and oxygen atoms in total. The zero-order chi connectivity index (χ0) is 13.7. The van der Waals surface area contributed by atoms with Crippen molar-refractivity contribution in [2.24, 2.45) is 11.7 Å². The molecule has 1 saturated heterocycles. The Bertz CT molecular complexity index is 503. The van der Waals surface area contributed by atoms with E-state index in [4.69, 9.17) is 10.8 Å². The lowest BCUT2D eigenvalue weighted by Gasteiger charge is -2.27. The normalized spacial score (nSPS) is 37.7. The summed E-state index contributed by atoms with van der Waals surface area (Å²) in [5.41, 5.74) is 3.41. The number of nitrogens with one attached hydrogen (secondary N) is 1. The van der Waals surface area contributed by atoms with Gasteiger partial charge in [0.25, 0.3) is 0 Å². The van der Waals surface area contributed by atoms with E-state index in [1.165, 1.54) is 6.42 Å². The van der Waals surface area contributed by atoms with Crippen molar-refractivity contribution in [3.63, 3.8) is 0 Å². The van der Waals surface area contributed by atoms with Crippen molar-refractivity contribution >= 4 is 21.7 Å². The van der Waals surface area contributed by atoms with E-state index in [-0.39, 0.29) is 0 Å². The summed E-state index contributed by atoms with van der Waals surface area (Å²) >= 11 is 0. The van der Waals surface area contributed by atoms with Crippen LogP contribution in [0.2, 0.25) is 0 Å². The highest BCUT2D eigenvalue weighted by atomic mass is 32.2. The number of aliphatic hydroxyl groups excluding tert-OH is 1. The number of rotatable bonds is 4. The van der Waals surface area contributed by atoms with Gasteiger partial charge in [0.05, 0.1) is 17.6 Å². The number of fused-ring (bicyclic) bond motifs is 1. The molecular weight excluding hydrogens is 264 g/mol. The minimum absolute atomic E-state index is 0.647. The predicted molar refractivity (Wildman–Crippen MR) is 58.9 cm³/mol. The average molecular weight is 277 g/mol. The molecule has 4 atom stereocenters. The number of nitrogens with two attached hydrogens (primary N) is 1. The number of hydrogen-bond acceptors (Lipinski definition) is 6. The number of carbonyl (C=O) groups excluding carboxylic acids is 1. The number of carboxylic acid groups (broad SMARTS) is 1. The fraction of sp³-hybridized carbons (Fsp3) is 0.667. The van der Waals surface area contributed by atoms with Gasteiger partial charge in [-0.3, -0.25) is 4.79 Å². The molecule has 0 aromatic rings. The average Bonchev–Trinajstić information content (AvgIpc) is 3.03. The fourth-order valence-electron chi connectivity index (χ4n) is 2.21. The lowest BCUT2D eigenvalue weighted by atomic mass is 9.95. The topological polar surface area (TPSA) is 147 Å². The van der Waals surface area contributed by atoms with E-state index in [0.29, 0.717) is 0 Å². The van der Waals surface area contributed by atoms with Gasteiger partial charge in [0.15, 0.2) is 15.4 Å². The number of hydrogen-bond donors (Lipinski definition) is 4. The number of aliphatic carboxylic acids is 1. The zero-order valence-electron chi connectivity index (χ0n) is 9.24. The van der Waals surface area contributed by atoms with Crippen molar-refractivity contribution in [1.29, 1.82) is 0 Å². The van der Waals surface area contributed by atoms with Crippen molar-refractivity contribution < 1.29 is 28.2 Å². The molecule has 1 aliphatic carbocycles. The van der Waals surface area contributed by atoms with Gasteiger partial charge in [-0.2, -0.15) is 0 Å². The summed E-state index contributed by atoms with van der Waals surface area (Å²) in [5.74, 6) is -3.66. The Balaban J connectivity index is 2.26.